The van der Waals surface area contributed by atoms with Crippen LogP contribution in [0.4, 0.5) is 0 Å². The zero-order valence-electron chi connectivity index (χ0n) is 16.9. The number of nitrogens with one attached hydrogen (secondary N) is 2. The van der Waals surface area contributed by atoms with Crippen LogP contribution in [-0.4, -0.2) is 15.0 Å². The summed E-state index contributed by atoms with van der Waals surface area (Å²) in [5.74, 6) is 0. The van der Waals surface area contributed by atoms with E-state index in [0.717, 1.165) is 21.9 Å². The van der Waals surface area contributed by atoms with Gasteiger partial charge in [0, 0.05) is 40.9 Å². The molecule has 6 rings (SSSR count). The summed E-state index contributed by atoms with van der Waals surface area (Å²) >= 11 is 0. The topological polar surface area (TPSA) is 44.5 Å². The Balaban J connectivity index is 1.76. The molecule has 3 aromatic carbocycles. The van der Waals surface area contributed by atoms with Crippen LogP contribution in [-0.2, 0) is 0 Å². The van der Waals surface area contributed by atoms with Crippen molar-refractivity contribution >= 4 is 50.4 Å². The molecule has 0 spiro atoms. The average molecular weight is 418 g/mol. The van der Waals surface area contributed by atoms with Crippen LogP contribution < -0.4 is 21.3 Å². The highest BCUT2D eigenvalue weighted by Gasteiger charge is 2.49. The van der Waals surface area contributed by atoms with Gasteiger partial charge in [-0.1, -0.05) is 36.4 Å². The van der Waals surface area contributed by atoms with Gasteiger partial charge in [0.05, 0.1) is 5.52 Å². The lowest BCUT2D eigenvalue weighted by Crippen LogP contribution is -2.39. The fourth-order valence-corrected chi connectivity index (χ4v) is 8.63. The summed E-state index contributed by atoms with van der Waals surface area (Å²) in [7, 11) is -2.21. The van der Waals surface area contributed by atoms with Crippen molar-refractivity contribution in [2.45, 2.75) is 0 Å². The highest BCUT2D eigenvalue weighted by Crippen LogP contribution is 2.54. The highest BCUT2D eigenvalue weighted by molar-refractivity contribution is 8.01. The van der Waals surface area contributed by atoms with Gasteiger partial charge in [-0.25, -0.2) is 4.98 Å². The molecule has 3 aromatic heterocycles. The van der Waals surface area contributed by atoms with Crippen LogP contribution >= 0.6 is 7.26 Å². The number of nitrogens with zero attached hydrogens (tertiary/aromatic N) is 1. The van der Waals surface area contributed by atoms with Crippen molar-refractivity contribution in [2.24, 2.45) is 0 Å². The quantitative estimate of drug-likeness (QED) is 0.402. The van der Waals surface area contributed by atoms with E-state index in [2.05, 4.69) is 107 Å². The molecule has 0 radical (unpaired) electrons. The first kappa shape index (κ1) is 18.1. The lowest BCUT2D eigenvalue weighted by atomic mass is 10.2. The van der Waals surface area contributed by atoms with Gasteiger partial charge in [-0.3, -0.25) is 0 Å². The van der Waals surface area contributed by atoms with Gasteiger partial charge in [-0.05, 0) is 54.6 Å². The van der Waals surface area contributed by atoms with E-state index in [-0.39, 0.29) is 0 Å². The first-order chi connectivity index (χ1) is 15.4. The summed E-state index contributed by atoms with van der Waals surface area (Å²) in [5.41, 5.74) is 3.37. The number of aromatic nitrogens is 3. The van der Waals surface area contributed by atoms with Crippen molar-refractivity contribution in [3.63, 3.8) is 0 Å². The second kappa shape index (κ2) is 7.23. The van der Waals surface area contributed by atoms with Crippen LogP contribution in [0.2, 0.25) is 0 Å². The van der Waals surface area contributed by atoms with Crippen molar-refractivity contribution in [3.05, 3.63) is 116 Å². The van der Waals surface area contributed by atoms with E-state index >= 15 is 0 Å². The summed E-state index contributed by atoms with van der Waals surface area (Å²) in [5, 5.41) is 6.25. The SMILES string of the molecule is c1ccc([P+](c2ccccc2)(c2ccc3[nH]ccc3c2)c2cc3[nH]ccc3cn2)cc1. The number of pyridine rings is 1. The minimum Gasteiger partial charge on any atom is -0.361 e. The van der Waals surface area contributed by atoms with Crippen LogP contribution in [0.5, 0.6) is 0 Å². The molecule has 4 heteroatoms. The maximum absolute atomic E-state index is 5.07. The van der Waals surface area contributed by atoms with Gasteiger partial charge in [0.25, 0.3) is 0 Å². The number of fused-ring (bicyclic) bond motifs is 2. The Morgan fingerprint density at radius 2 is 1.19 bits per heavy atom. The predicted octanol–water partition coefficient (Wildman–Crippen LogP) is 4.66. The van der Waals surface area contributed by atoms with E-state index in [4.69, 9.17) is 4.98 Å². The molecule has 0 bridgehead atoms. The molecular formula is C27H21N3P+. The van der Waals surface area contributed by atoms with Gasteiger partial charge in [-0.2, -0.15) is 0 Å². The molecule has 2 N–H and O–H groups in total. The lowest BCUT2D eigenvalue weighted by molar-refractivity contribution is 1.41. The molecule has 0 aliphatic carbocycles. The fraction of sp³-hybridized carbons (Fsp3) is 0. The summed E-state index contributed by atoms with van der Waals surface area (Å²) in [4.78, 5) is 11.8. The third kappa shape index (κ3) is 2.82. The molecule has 0 saturated heterocycles. The van der Waals surface area contributed by atoms with Crippen LogP contribution in [0.15, 0.2) is 116 Å². The smallest absolute Gasteiger partial charge is 0.200 e. The Bertz CT molecular complexity index is 1370. The Morgan fingerprint density at radius 1 is 0.548 bits per heavy atom. The van der Waals surface area contributed by atoms with Gasteiger partial charge in [-0.15, -0.1) is 0 Å². The largest absolute Gasteiger partial charge is 0.361 e. The van der Waals surface area contributed by atoms with Gasteiger partial charge in [0.15, 0.2) is 12.7 Å². The summed E-state index contributed by atoms with van der Waals surface area (Å²) < 4.78 is 0. The number of aromatic amines is 2. The minimum atomic E-state index is -2.21. The third-order valence-electron chi connectivity index (χ3n) is 5.98. The van der Waals surface area contributed by atoms with Crippen LogP contribution in [0, 0.1) is 0 Å². The Hall–Kier alpha value is -3.68. The van der Waals surface area contributed by atoms with Gasteiger partial charge < -0.3 is 9.97 Å². The number of benzene rings is 3. The standard InChI is InChI=1S/C27H21N3P/c1-3-7-22(8-4-1)31(23-9-5-2-6-10-23,24-11-12-25-20(17-24)13-15-28-25)27-18-26-21(19-30-27)14-16-29-26/h1-19,28-29H/q+1. The normalized spacial score (nSPS) is 11.9. The maximum Gasteiger partial charge on any atom is 0.200 e. The molecule has 3 nitrogen and oxygen atoms in total. The third-order valence-corrected chi connectivity index (χ3v) is 10.1. The predicted molar refractivity (Wildman–Crippen MR) is 133 cm³/mol. The molecule has 3 heterocycles. The molecule has 0 saturated carbocycles. The molecule has 0 amide bonds. The molecule has 0 aliphatic rings. The number of H-pyrrole nitrogens is 2. The second-order valence-corrected chi connectivity index (χ2v) is 11.0. The molecule has 0 fully saturated rings. The minimum absolute atomic E-state index is 1.11. The maximum atomic E-state index is 5.07. The Kier molecular flexibility index (Phi) is 4.22. The number of hydrogen-bond acceptors (Lipinski definition) is 1. The summed E-state index contributed by atoms with van der Waals surface area (Å²) in [6, 6.07) is 35.0. The molecule has 0 aliphatic heterocycles. The summed E-state index contributed by atoms with van der Waals surface area (Å²) in [6.45, 7) is 0. The van der Waals surface area contributed by atoms with Crippen molar-refractivity contribution in [1.82, 2.24) is 15.0 Å². The molecular weight excluding hydrogens is 397 g/mol. The van der Waals surface area contributed by atoms with Crippen molar-refractivity contribution < 1.29 is 0 Å². The summed E-state index contributed by atoms with van der Waals surface area (Å²) in [6.07, 6.45) is 5.98. The molecule has 148 valence electrons. The van der Waals surface area contributed by atoms with Gasteiger partial charge in [0.2, 0.25) is 0 Å². The second-order valence-electron chi connectivity index (χ2n) is 7.70. The highest BCUT2D eigenvalue weighted by atomic mass is 31.2. The van der Waals surface area contributed by atoms with E-state index in [0.29, 0.717) is 0 Å². The van der Waals surface area contributed by atoms with Crippen molar-refractivity contribution in [1.29, 1.82) is 0 Å². The van der Waals surface area contributed by atoms with Crippen LogP contribution in [0.3, 0.4) is 0 Å². The molecule has 0 unspecified atom stereocenters. The van der Waals surface area contributed by atoms with Gasteiger partial charge in [0.1, 0.15) is 15.9 Å². The Labute approximate surface area is 181 Å². The van der Waals surface area contributed by atoms with Crippen molar-refractivity contribution in [2.75, 3.05) is 0 Å². The van der Waals surface area contributed by atoms with Crippen LogP contribution in [0.25, 0.3) is 21.8 Å². The van der Waals surface area contributed by atoms with E-state index < -0.39 is 7.26 Å². The van der Waals surface area contributed by atoms with E-state index in [1.165, 1.54) is 21.3 Å². The monoisotopic (exact) mass is 418 g/mol. The average Bonchev–Trinajstić information content (AvgIpc) is 3.50. The fourth-order valence-electron chi connectivity index (χ4n) is 4.51. The lowest BCUT2D eigenvalue weighted by Gasteiger charge is -2.26. The first-order valence-corrected chi connectivity index (χ1v) is 12.2. The van der Waals surface area contributed by atoms with E-state index in [1.54, 1.807) is 0 Å². The zero-order chi connectivity index (χ0) is 20.7. The molecule has 0 atom stereocenters. The first-order valence-electron chi connectivity index (χ1n) is 10.4. The van der Waals surface area contributed by atoms with E-state index in [1.807, 2.05) is 18.6 Å². The molecule has 6 aromatic rings. The number of hydrogen-bond donors (Lipinski definition) is 2. The van der Waals surface area contributed by atoms with Crippen LogP contribution in [0.1, 0.15) is 0 Å². The molecule has 31 heavy (non-hydrogen) atoms. The Morgan fingerprint density at radius 3 is 1.90 bits per heavy atom. The number of rotatable bonds is 4. The zero-order valence-corrected chi connectivity index (χ0v) is 17.8. The van der Waals surface area contributed by atoms with Crippen molar-refractivity contribution in [3.8, 4) is 0 Å². The van der Waals surface area contributed by atoms with E-state index in [9.17, 15) is 0 Å². The van der Waals surface area contributed by atoms with Gasteiger partial charge >= 0.3 is 0 Å².